The third-order valence-corrected chi connectivity index (χ3v) is 6.27. The summed E-state index contributed by atoms with van der Waals surface area (Å²) >= 11 is 1.37. The molecule has 2 amide bonds. The molecule has 2 aromatic carbocycles. The van der Waals surface area contributed by atoms with E-state index in [1.807, 2.05) is 37.3 Å². The van der Waals surface area contributed by atoms with Crippen LogP contribution in [0.5, 0.6) is 0 Å². The van der Waals surface area contributed by atoms with E-state index in [0.29, 0.717) is 30.0 Å². The molecule has 0 unspecified atom stereocenters. The number of rotatable bonds is 6. The lowest BCUT2D eigenvalue weighted by Crippen LogP contribution is -2.47. The van der Waals surface area contributed by atoms with E-state index in [1.165, 1.54) is 37.0 Å². The topological polar surface area (TPSA) is 71.2 Å². The Morgan fingerprint density at radius 3 is 2.69 bits per heavy atom. The van der Waals surface area contributed by atoms with Gasteiger partial charge in [-0.1, -0.05) is 53.7 Å². The first-order valence-electron chi connectivity index (χ1n) is 9.34. The van der Waals surface area contributed by atoms with Gasteiger partial charge in [-0.15, -0.1) is 0 Å². The lowest BCUT2D eigenvalue weighted by Gasteiger charge is -2.37. The van der Waals surface area contributed by atoms with Crippen LogP contribution >= 0.6 is 11.8 Å². The van der Waals surface area contributed by atoms with Gasteiger partial charge in [-0.2, -0.15) is 10.1 Å². The van der Waals surface area contributed by atoms with Gasteiger partial charge in [-0.25, -0.2) is 14.2 Å². The number of halogens is 1. The van der Waals surface area contributed by atoms with Gasteiger partial charge in [-0.3, -0.25) is 4.84 Å². The fourth-order valence-corrected chi connectivity index (χ4v) is 4.65. The Bertz CT molecular complexity index is 909. The van der Waals surface area contributed by atoms with E-state index in [0.717, 1.165) is 16.2 Å². The highest BCUT2D eigenvalue weighted by Gasteiger charge is 2.49. The molecule has 0 aliphatic carbocycles. The number of aryl methyl sites for hydroxylation is 1. The minimum atomic E-state index is -0.851. The maximum absolute atomic E-state index is 14.6. The third-order valence-electron chi connectivity index (χ3n) is 4.82. The molecule has 1 atom stereocenters. The lowest BCUT2D eigenvalue weighted by molar-refractivity contribution is -0.0805. The number of hydrogen-bond acceptors (Lipinski definition) is 5. The zero-order chi connectivity index (χ0) is 21.0. The molecule has 8 heteroatoms. The number of carbonyl (C=O) groups is 1. The monoisotopic (exact) mass is 416 g/mol. The van der Waals surface area contributed by atoms with E-state index in [-0.39, 0.29) is 5.82 Å². The van der Waals surface area contributed by atoms with Crippen molar-refractivity contribution in [3.63, 3.8) is 0 Å². The molecule has 0 bridgehead atoms. The molecule has 1 heterocycles. The number of amides is 2. The molecule has 0 aromatic heterocycles. The van der Waals surface area contributed by atoms with E-state index >= 15 is 0 Å². The summed E-state index contributed by atoms with van der Waals surface area (Å²) in [5.41, 5.74) is 7.97. The van der Waals surface area contributed by atoms with Crippen LogP contribution in [0.4, 0.5) is 9.18 Å². The van der Waals surface area contributed by atoms with Crippen LogP contribution in [0, 0.1) is 12.7 Å². The number of hydrogen-bond donors (Lipinski definition) is 1. The van der Waals surface area contributed by atoms with Crippen LogP contribution in [0.2, 0.25) is 0 Å². The minimum Gasteiger partial charge on any atom is -0.330 e. The van der Waals surface area contributed by atoms with Crippen molar-refractivity contribution in [3.8, 4) is 0 Å². The van der Waals surface area contributed by atoms with Gasteiger partial charge in [0.25, 0.3) is 0 Å². The summed E-state index contributed by atoms with van der Waals surface area (Å²) in [4.78, 5) is 17.4. The van der Waals surface area contributed by atoms with Crippen molar-refractivity contribution in [1.82, 2.24) is 10.1 Å². The molecule has 1 aliphatic rings. The van der Waals surface area contributed by atoms with Crippen LogP contribution in [-0.4, -0.2) is 41.8 Å². The van der Waals surface area contributed by atoms with Gasteiger partial charge in [0, 0.05) is 12.6 Å². The number of hydroxylamine groups is 2. The predicted octanol–water partition coefficient (Wildman–Crippen LogP) is 4.05. The highest BCUT2D eigenvalue weighted by atomic mass is 32.2. The van der Waals surface area contributed by atoms with Crippen LogP contribution in [-0.2, 0) is 9.71 Å². The van der Waals surface area contributed by atoms with Crippen molar-refractivity contribution in [3.05, 3.63) is 71.0 Å². The summed E-state index contributed by atoms with van der Waals surface area (Å²) in [6, 6.07) is 14.1. The first-order valence-corrected chi connectivity index (χ1v) is 10.2. The average Bonchev–Trinajstić information content (AvgIpc) is 3.14. The first-order chi connectivity index (χ1) is 13.9. The smallest absolute Gasteiger partial charge is 0.330 e. The Labute approximate surface area is 174 Å². The maximum Gasteiger partial charge on any atom is 0.365 e. The molecule has 0 saturated carbocycles. The zero-order valence-corrected chi connectivity index (χ0v) is 17.6. The Balaban J connectivity index is 2.15. The highest BCUT2D eigenvalue weighted by molar-refractivity contribution is 8.15. The number of nitrogens with zero attached hydrogens (tertiary/aromatic N) is 3. The molecule has 3 rings (SSSR count). The number of thioether (sulfide) groups is 1. The predicted molar refractivity (Wildman–Crippen MR) is 114 cm³/mol. The molecule has 0 spiro atoms. The number of hydrazone groups is 1. The van der Waals surface area contributed by atoms with Gasteiger partial charge in [-0.05, 0) is 44.0 Å². The van der Waals surface area contributed by atoms with Crippen molar-refractivity contribution in [2.24, 2.45) is 10.8 Å². The standard InChI is InChI=1S/C21H25FN4O2S/c1-15-10-11-18(22)17(14-15)19-24-26(20(27)25(2)28-3)21(29-19,12-7-13-23)16-8-5-4-6-9-16/h4-6,8-11,14H,7,12-13,23H2,1-3H3/t21-/m0/s1. The Morgan fingerprint density at radius 1 is 1.31 bits per heavy atom. The Kier molecular flexibility index (Phi) is 6.56. The summed E-state index contributed by atoms with van der Waals surface area (Å²) < 4.78 is 14.6. The van der Waals surface area contributed by atoms with E-state index in [1.54, 1.807) is 12.1 Å². The fraction of sp³-hybridized carbons (Fsp3) is 0.333. The average molecular weight is 417 g/mol. The van der Waals surface area contributed by atoms with Gasteiger partial charge < -0.3 is 5.73 Å². The lowest BCUT2D eigenvalue weighted by atomic mass is 10.0. The third kappa shape index (κ3) is 4.14. The van der Waals surface area contributed by atoms with Crippen LogP contribution in [0.15, 0.2) is 53.6 Å². The van der Waals surface area contributed by atoms with Crippen LogP contribution in [0.1, 0.15) is 29.5 Å². The normalized spacial score (nSPS) is 18.7. The number of benzene rings is 2. The van der Waals surface area contributed by atoms with Crippen molar-refractivity contribution in [2.75, 3.05) is 20.7 Å². The summed E-state index contributed by atoms with van der Waals surface area (Å²) in [6.45, 7) is 2.36. The van der Waals surface area contributed by atoms with Crippen molar-refractivity contribution in [1.29, 1.82) is 0 Å². The molecule has 2 aromatic rings. The van der Waals surface area contributed by atoms with E-state index < -0.39 is 10.9 Å². The molecule has 0 fully saturated rings. The van der Waals surface area contributed by atoms with Crippen molar-refractivity contribution < 1.29 is 14.0 Å². The van der Waals surface area contributed by atoms with Crippen molar-refractivity contribution in [2.45, 2.75) is 24.6 Å². The highest BCUT2D eigenvalue weighted by Crippen LogP contribution is 2.50. The molecule has 0 radical (unpaired) electrons. The van der Waals surface area contributed by atoms with Gasteiger partial charge in [0.1, 0.15) is 15.7 Å². The quantitative estimate of drug-likeness (QED) is 0.721. The van der Waals surface area contributed by atoms with Gasteiger partial charge in [0.15, 0.2) is 0 Å². The Morgan fingerprint density at radius 2 is 2.03 bits per heavy atom. The van der Waals surface area contributed by atoms with Crippen LogP contribution < -0.4 is 5.73 Å². The second-order valence-corrected chi connectivity index (χ2v) is 8.07. The zero-order valence-electron chi connectivity index (χ0n) is 16.8. The van der Waals surface area contributed by atoms with Gasteiger partial charge >= 0.3 is 6.03 Å². The summed E-state index contributed by atoms with van der Waals surface area (Å²) in [5.74, 6) is -0.378. The number of carbonyl (C=O) groups excluding carboxylic acids is 1. The molecular formula is C21H25FN4O2S. The largest absolute Gasteiger partial charge is 0.365 e. The minimum absolute atomic E-state index is 0.374. The number of nitrogens with two attached hydrogens (primary N) is 1. The molecule has 1 aliphatic heterocycles. The summed E-state index contributed by atoms with van der Waals surface area (Å²) in [7, 11) is 2.93. The van der Waals surface area contributed by atoms with E-state index in [4.69, 9.17) is 10.6 Å². The summed E-state index contributed by atoms with van der Waals surface area (Å²) in [5, 5.41) is 7.52. The molecule has 154 valence electrons. The second kappa shape index (κ2) is 8.94. The van der Waals surface area contributed by atoms with Gasteiger partial charge in [0.2, 0.25) is 0 Å². The van der Waals surface area contributed by atoms with E-state index in [9.17, 15) is 9.18 Å². The van der Waals surface area contributed by atoms with Crippen molar-refractivity contribution >= 4 is 22.8 Å². The molecule has 2 N–H and O–H groups in total. The van der Waals surface area contributed by atoms with Crippen LogP contribution in [0.25, 0.3) is 0 Å². The van der Waals surface area contributed by atoms with Gasteiger partial charge in [0.05, 0.1) is 7.11 Å². The Hall–Kier alpha value is -2.42. The fourth-order valence-electron chi connectivity index (χ4n) is 3.24. The summed E-state index contributed by atoms with van der Waals surface area (Å²) in [6.07, 6.45) is 1.23. The molecular weight excluding hydrogens is 391 g/mol. The maximum atomic E-state index is 14.6. The molecule has 29 heavy (non-hydrogen) atoms. The van der Waals surface area contributed by atoms with Crippen LogP contribution in [0.3, 0.4) is 0 Å². The van der Waals surface area contributed by atoms with E-state index in [2.05, 4.69) is 5.10 Å². The second-order valence-electron chi connectivity index (χ2n) is 6.81. The number of urea groups is 1. The molecule has 6 nitrogen and oxygen atoms in total. The molecule has 0 saturated heterocycles. The first kappa shape index (κ1) is 21.3. The SMILES string of the molecule is CON(C)C(=O)N1N=C(c2cc(C)ccc2F)S[C@@]1(CCCN)c1ccccc1.